The summed E-state index contributed by atoms with van der Waals surface area (Å²) in [5.74, 6) is -1.18. The summed E-state index contributed by atoms with van der Waals surface area (Å²) < 4.78 is 0. The second kappa shape index (κ2) is 5.48. The van der Waals surface area contributed by atoms with E-state index >= 15 is 0 Å². The first-order valence-corrected chi connectivity index (χ1v) is 7.81. The summed E-state index contributed by atoms with van der Waals surface area (Å²) in [6.07, 6.45) is 3.73. The largest absolute Gasteiger partial charge is 0.479 e. The van der Waals surface area contributed by atoms with Crippen LogP contribution in [0.1, 0.15) is 32.3 Å². The van der Waals surface area contributed by atoms with Crippen LogP contribution in [0.4, 0.5) is 0 Å². The predicted molar refractivity (Wildman–Crippen MR) is 78.8 cm³/mol. The van der Waals surface area contributed by atoms with Crippen LogP contribution in [0.25, 0.3) is 0 Å². The monoisotopic (exact) mass is 293 g/mol. The Labute approximate surface area is 123 Å². The summed E-state index contributed by atoms with van der Waals surface area (Å²) in [7, 11) is 0. The van der Waals surface area contributed by atoms with Crippen molar-refractivity contribution in [1.82, 2.24) is 4.90 Å². The van der Waals surface area contributed by atoms with Crippen LogP contribution in [0.15, 0.2) is 29.2 Å². The molecule has 0 saturated heterocycles. The Hall–Kier alpha value is -1.49. The van der Waals surface area contributed by atoms with Crippen molar-refractivity contribution in [2.45, 2.75) is 43.2 Å². The van der Waals surface area contributed by atoms with Gasteiger partial charge in [-0.3, -0.25) is 4.79 Å². The maximum atomic E-state index is 11.9. The molecule has 0 aliphatic heterocycles. The summed E-state index contributed by atoms with van der Waals surface area (Å²) in [6, 6.07) is 7.45. The fourth-order valence-corrected chi connectivity index (χ4v) is 2.96. The lowest BCUT2D eigenvalue weighted by Crippen LogP contribution is -2.53. The molecule has 1 aliphatic rings. The number of thioether (sulfide) groups is 1. The number of benzene rings is 1. The smallest absolute Gasteiger partial charge is 0.334 e. The number of nitrogens with zero attached hydrogens (tertiary/aromatic N) is 1. The van der Waals surface area contributed by atoms with Crippen LogP contribution in [-0.4, -0.2) is 34.2 Å². The molecule has 1 saturated carbocycles. The van der Waals surface area contributed by atoms with Gasteiger partial charge in [0.05, 0.1) is 0 Å². The molecular formula is C15H19NO3S. The van der Waals surface area contributed by atoms with Crippen molar-refractivity contribution in [1.29, 1.82) is 0 Å². The number of hydrogen-bond acceptors (Lipinski definition) is 3. The molecule has 1 unspecified atom stereocenters. The lowest BCUT2D eigenvalue weighted by atomic mass is 9.89. The minimum absolute atomic E-state index is 0.0498. The summed E-state index contributed by atoms with van der Waals surface area (Å²) in [5, 5.41) is 9.71. The van der Waals surface area contributed by atoms with Gasteiger partial charge in [0.1, 0.15) is 0 Å². The molecule has 5 heteroatoms. The minimum atomic E-state index is -1.30. The van der Waals surface area contributed by atoms with E-state index in [0.29, 0.717) is 5.56 Å². The van der Waals surface area contributed by atoms with Crippen molar-refractivity contribution in [2.75, 3.05) is 6.26 Å². The number of carbonyl (C=O) groups excluding carboxylic acids is 1. The molecule has 108 valence electrons. The molecular weight excluding hydrogens is 274 g/mol. The summed E-state index contributed by atoms with van der Waals surface area (Å²) in [5.41, 5.74) is -0.658. The highest BCUT2D eigenvalue weighted by atomic mass is 32.2. The lowest BCUT2D eigenvalue weighted by molar-refractivity contribution is -0.159. The van der Waals surface area contributed by atoms with Crippen LogP contribution in [0.2, 0.25) is 0 Å². The van der Waals surface area contributed by atoms with E-state index in [4.69, 9.17) is 0 Å². The highest BCUT2D eigenvalue weighted by Crippen LogP contribution is 2.39. The van der Waals surface area contributed by atoms with Gasteiger partial charge in [-0.2, -0.15) is 0 Å². The van der Waals surface area contributed by atoms with E-state index < -0.39 is 11.5 Å². The molecule has 1 aromatic rings. The minimum Gasteiger partial charge on any atom is -0.479 e. The third kappa shape index (κ3) is 2.54. The summed E-state index contributed by atoms with van der Waals surface area (Å²) >= 11 is 1.60. The van der Waals surface area contributed by atoms with Crippen molar-refractivity contribution in [3.8, 4) is 0 Å². The molecule has 1 aromatic carbocycles. The lowest BCUT2D eigenvalue weighted by Gasteiger charge is -2.38. The Morgan fingerprint density at radius 1 is 1.30 bits per heavy atom. The molecule has 1 aliphatic carbocycles. The number of aliphatic carboxylic acids is 1. The summed E-state index contributed by atoms with van der Waals surface area (Å²) in [6.45, 7) is 3.05. The highest BCUT2D eigenvalue weighted by molar-refractivity contribution is 7.98. The van der Waals surface area contributed by atoms with E-state index in [1.54, 1.807) is 30.8 Å². The van der Waals surface area contributed by atoms with Gasteiger partial charge in [0.15, 0.2) is 5.54 Å². The second-order valence-electron chi connectivity index (χ2n) is 5.23. The average Bonchev–Trinajstić information content (AvgIpc) is 3.22. The quantitative estimate of drug-likeness (QED) is 0.848. The number of hydrogen-bond donors (Lipinski definition) is 1. The van der Waals surface area contributed by atoms with E-state index in [1.807, 2.05) is 18.4 Å². The SMILES string of the molecule is CSc1ccc(C(C)(C(=O)O)N(C(C)=O)C2CC2)cc1. The number of amides is 1. The van der Waals surface area contributed by atoms with E-state index in [9.17, 15) is 14.7 Å². The maximum absolute atomic E-state index is 11.9. The first kappa shape index (κ1) is 14.9. The number of carbonyl (C=O) groups is 2. The zero-order valence-corrected chi connectivity index (χ0v) is 12.7. The van der Waals surface area contributed by atoms with Gasteiger partial charge in [0, 0.05) is 17.9 Å². The molecule has 4 nitrogen and oxygen atoms in total. The van der Waals surface area contributed by atoms with Gasteiger partial charge in [-0.1, -0.05) is 12.1 Å². The number of rotatable bonds is 5. The molecule has 0 radical (unpaired) electrons. The van der Waals surface area contributed by atoms with Crippen LogP contribution >= 0.6 is 11.8 Å². The van der Waals surface area contributed by atoms with Crippen LogP contribution < -0.4 is 0 Å². The van der Waals surface area contributed by atoms with Gasteiger partial charge in [-0.15, -0.1) is 11.8 Å². The highest BCUT2D eigenvalue weighted by Gasteiger charge is 2.49. The van der Waals surface area contributed by atoms with Gasteiger partial charge < -0.3 is 10.0 Å². The Bertz CT molecular complexity index is 524. The zero-order valence-electron chi connectivity index (χ0n) is 11.9. The second-order valence-corrected chi connectivity index (χ2v) is 6.11. The van der Waals surface area contributed by atoms with E-state index in [0.717, 1.165) is 17.7 Å². The van der Waals surface area contributed by atoms with Crippen molar-refractivity contribution in [2.24, 2.45) is 0 Å². The van der Waals surface area contributed by atoms with Gasteiger partial charge >= 0.3 is 5.97 Å². The fraction of sp³-hybridized carbons (Fsp3) is 0.467. The molecule has 2 rings (SSSR count). The van der Waals surface area contributed by atoms with Crippen LogP contribution in [0.3, 0.4) is 0 Å². The molecule has 0 heterocycles. The van der Waals surface area contributed by atoms with Crippen molar-refractivity contribution in [3.63, 3.8) is 0 Å². The van der Waals surface area contributed by atoms with Crippen molar-refractivity contribution < 1.29 is 14.7 Å². The first-order valence-electron chi connectivity index (χ1n) is 6.59. The number of carboxylic acid groups (broad SMARTS) is 1. The fourth-order valence-electron chi connectivity index (χ4n) is 2.55. The Morgan fingerprint density at radius 3 is 2.20 bits per heavy atom. The molecule has 20 heavy (non-hydrogen) atoms. The van der Waals surface area contributed by atoms with Crippen molar-refractivity contribution >= 4 is 23.6 Å². The number of carboxylic acids is 1. The average molecular weight is 293 g/mol. The standard InChI is InChI=1S/C15H19NO3S/c1-10(17)16(12-6-7-12)15(2,14(18)19)11-4-8-13(20-3)9-5-11/h4-5,8-9,12H,6-7H2,1-3H3,(H,18,19). The van der Waals surface area contributed by atoms with E-state index in [2.05, 4.69) is 0 Å². The van der Waals surface area contributed by atoms with E-state index in [1.165, 1.54) is 11.8 Å². The molecule has 1 N–H and O–H groups in total. The van der Waals surface area contributed by atoms with Gasteiger partial charge in [0.25, 0.3) is 0 Å². The summed E-state index contributed by atoms with van der Waals surface area (Å²) in [4.78, 5) is 26.4. The Morgan fingerprint density at radius 2 is 1.85 bits per heavy atom. The normalized spacial score (nSPS) is 17.4. The van der Waals surface area contributed by atoms with Crippen LogP contribution in [0.5, 0.6) is 0 Å². The first-order chi connectivity index (χ1) is 9.41. The molecule has 0 bridgehead atoms. The van der Waals surface area contributed by atoms with Gasteiger partial charge in [-0.05, 0) is 43.7 Å². The van der Waals surface area contributed by atoms with Crippen LogP contribution in [-0.2, 0) is 15.1 Å². The molecule has 1 amide bonds. The Kier molecular flexibility index (Phi) is 4.09. The van der Waals surface area contributed by atoms with Gasteiger partial charge in [0.2, 0.25) is 5.91 Å². The molecule has 1 fully saturated rings. The third-order valence-corrected chi connectivity index (χ3v) is 4.55. The van der Waals surface area contributed by atoms with Gasteiger partial charge in [-0.25, -0.2) is 4.79 Å². The topological polar surface area (TPSA) is 57.6 Å². The molecule has 0 aromatic heterocycles. The van der Waals surface area contributed by atoms with E-state index in [-0.39, 0.29) is 11.9 Å². The zero-order chi connectivity index (χ0) is 14.9. The third-order valence-electron chi connectivity index (χ3n) is 3.80. The maximum Gasteiger partial charge on any atom is 0.334 e. The predicted octanol–water partition coefficient (Wildman–Crippen LogP) is 2.72. The molecule has 0 spiro atoms. The van der Waals surface area contributed by atoms with Crippen molar-refractivity contribution in [3.05, 3.63) is 29.8 Å². The Balaban J connectivity index is 2.46. The van der Waals surface area contributed by atoms with Crippen LogP contribution in [0, 0.1) is 0 Å². The molecule has 1 atom stereocenters.